The fraction of sp³-hybridized carbons (Fsp3) is 0.455. The highest BCUT2D eigenvalue weighted by Crippen LogP contribution is 2.20. The molecular weight excluding hydrogens is 375 g/mol. The van der Waals surface area contributed by atoms with Crippen LogP contribution in [-0.4, -0.2) is 43.0 Å². The standard InChI is InChI=1S/C22H29FN2O4/c1-7-25(12-16-9-10-18(28-6)17(23)11-16)15(5)21(26)20-13(3)19(14(4)24-20)22(27)29-8-2/h9-11,15,24H,7-8,12H2,1-6H3/p+1/t15-/m1/s1. The molecule has 2 N–H and O–H groups in total. The number of ether oxygens (including phenoxy) is 2. The van der Waals surface area contributed by atoms with Crippen LogP contribution >= 0.6 is 0 Å². The molecular formula is C22H30FN2O4+. The van der Waals surface area contributed by atoms with Gasteiger partial charge >= 0.3 is 5.97 Å². The number of methoxy groups -OCH3 is 1. The fourth-order valence-electron chi connectivity index (χ4n) is 3.57. The number of rotatable bonds is 9. The van der Waals surface area contributed by atoms with E-state index in [-0.39, 0.29) is 24.2 Å². The van der Waals surface area contributed by atoms with E-state index in [0.717, 1.165) is 10.5 Å². The quantitative estimate of drug-likeness (QED) is 0.497. The van der Waals surface area contributed by atoms with E-state index >= 15 is 0 Å². The van der Waals surface area contributed by atoms with E-state index in [1.165, 1.54) is 13.2 Å². The molecule has 158 valence electrons. The van der Waals surface area contributed by atoms with E-state index in [1.54, 1.807) is 32.9 Å². The molecule has 0 aliphatic rings. The maximum atomic E-state index is 14.0. The van der Waals surface area contributed by atoms with Gasteiger partial charge in [0.15, 0.2) is 17.6 Å². The molecule has 1 aromatic carbocycles. The molecule has 0 bridgehead atoms. The van der Waals surface area contributed by atoms with Crippen LogP contribution in [0.15, 0.2) is 18.2 Å². The molecule has 0 aliphatic heterocycles. The van der Waals surface area contributed by atoms with Crippen molar-refractivity contribution in [2.24, 2.45) is 0 Å². The lowest BCUT2D eigenvalue weighted by atomic mass is 10.0. The number of carbonyl (C=O) groups is 2. The number of esters is 1. The second-order valence-corrected chi connectivity index (χ2v) is 7.09. The molecule has 0 fully saturated rings. The number of H-pyrrole nitrogens is 1. The van der Waals surface area contributed by atoms with E-state index in [2.05, 4.69) is 4.98 Å². The zero-order chi connectivity index (χ0) is 21.7. The highest BCUT2D eigenvalue weighted by molar-refractivity contribution is 6.03. The van der Waals surface area contributed by atoms with Crippen molar-refractivity contribution in [1.82, 2.24) is 4.98 Å². The molecule has 2 rings (SSSR count). The third-order valence-electron chi connectivity index (χ3n) is 5.27. The van der Waals surface area contributed by atoms with E-state index in [0.29, 0.717) is 35.6 Å². The van der Waals surface area contributed by atoms with E-state index in [9.17, 15) is 14.0 Å². The minimum Gasteiger partial charge on any atom is -0.494 e. The molecule has 29 heavy (non-hydrogen) atoms. The van der Waals surface area contributed by atoms with Gasteiger partial charge < -0.3 is 19.4 Å². The van der Waals surface area contributed by atoms with Gasteiger partial charge in [-0.2, -0.15) is 0 Å². The Balaban J connectivity index is 2.24. The summed E-state index contributed by atoms with van der Waals surface area (Å²) in [5.74, 6) is -0.750. The number of nitrogens with one attached hydrogen (secondary N) is 2. The predicted molar refractivity (Wildman–Crippen MR) is 108 cm³/mol. The molecule has 0 spiro atoms. The summed E-state index contributed by atoms with van der Waals surface area (Å²) < 4.78 is 24.1. The first-order valence-electron chi connectivity index (χ1n) is 9.82. The molecule has 1 heterocycles. The van der Waals surface area contributed by atoms with Crippen LogP contribution in [-0.2, 0) is 11.3 Å². The van der Waals surface area contributed by atoms with Gasteiger partial charge in [0.05, 0.1) is 31.5 Å². The molecule has 2 aromatic rings. The van der Waals surface area contributed by atoms with Gasteiger partial charge in [-0.05, 0) is 58.4 Å². The number of hydrogen-bond acceptors (Lipinski definition) is 4. The van der Waals surface area contributed by atoms with Crippen LogP contribution in [0.2, 0.25) is 0 Å². The van der Waals surface area contributed by atoms with Gasteiger partial charge in [-0.3, -0.25) is 4.79 Å². The minimum absolute atomic E-state index is 0.0908. The second kappa shape index (κ2) is 9.69. The maximum absolute atomic E-state index is 14.0. The smallest absolute Gasteiger partial charge is 0.340 e. The molecule has 1 aromatic heterocycles. The zero-order valence-corrected chi connectivity index (χ0v) is 17.9. The number of aromatic amines is 1. The summed E-state index contributed by atoms with van der Waals surface area (Å²) in [5, 5.41) is 0. The van der Waals surface area contributed by atoms with Gasteiger partial charge in [-0.1, -0.05) is 0 Å². The van der Waals surface area contributed by atoms with Crippen molar-refractivity contribution in [2.75, 3.05) is 20.3 Å². The summed E-state index contributed by atoms with van der Waals surface area (Å²) in [6.07, 6.45) is 0. The van der Waals surface area contributed by atoms with Crippen LogP contribution in [0.1, 0.15) is 58.4 Å². The highest BCUT2D eigenvalue weighted by Gasteiger charge is 2.30. The number of quaternary nitrogens is 1. The molecule has 0 saturated carbocycles. The fourth-order valence-corrected chi connectivity index (χ4v) is 3.57. The Morgan fingerprint density at radius 3 is 2.48 bits per heavy atom. The number of benzene rings is 1. The molecule has 6 nitrogen and oxygen atoms in total. The largest absolute Gasteiger partial charge is 0.494 e. The summed E-state index contributed by atoms with van der Waals surface area (Å²) in [4.78, 5) is 29.4. The van der Waals surface area contributed by atoms with Crippen molar-refractivity contribution in [1.29, 1.82) is 0 Å². The predicted octanol–water partition coefficient (Wildman–Crippen LogP) is 2.63. The van der Waals surface area contributed by atoms with E-state index < -0.39 is 11.8 Å². The molecule has 1 unspecified atom stereocenters. The summed E-state index contributed by atoms with van der Waals surface area (Å²) >= 11 is 0. The first kappa shape index (κ1) is 22.6. The van der Waals surface area contributed by atoms with Gasteiger partial charge in [0.2, 0.25) is 5.78 Å². The molecule has 0 aliphatic carbocycles. The minimum atomic E-state index is -0.432. The molecule has 0 radical (unpaired) electrons. The summed E-state index contributed by atoms with van der Waals surface area (Å²) in [6, 6.07) is 4.46. The number of halogens is 1. The summed E-state index contributed by atoms with van der Waals surface area (Å²) in [6.45, 7) is 10.5. The average Bonchev–Trinajstić information content (AvgIpc) is 2.99. The normalized spacial score (nSPS) is 13.1. The molecule has 7 heteroatoms. The number of ketones is 1. The van der Waals surface area contributed by atoms with E-state index in [1.807, 2.05) is 13.8 Å². The lowest BCUT2D eigenvalue weighted by Crippen LogP contribution is -3.14. The second-order valence-electron chi connectivity index (χ2n) is 7.09. The Bertz CT molecular complexity index is 891. The number of carbonyl (C=O) groups excluding carboxylic acids is 2. The Hall–Kier alpha value is -2.67. The molecule has 0 saturated heterocycles. The van der Waals surface area contributed by atoms with Crippen LogP contribution < -0.4 is 9.64 Å². The van der Waals surface area contributed by atoms with Crippen molar-refractivity contribution in [3.63, 3.8) is 0 Å². The van der Waals surface area contributed by atoms with Crippen LogP contribution in [0.4, 0.5) is 4.39 Å². The number of hydrogen-bond donors (Lipinski definition) is 2. The number of Topliss-reactive ketones (excluding diaryl/α,β-unsaturated/α-hetero) is 1. The van der Waals surface area contributed by atoms with Gasteiger partial charge in [0.25, 0.3) is 0 Å². The Labute approximate surface area is 171 Å². The molecule has 0 amide bonds. The Morgan fingerprint density at radius 1 is 1.24 bits per heavy atom. The Morgan fingerprint density at radius 2 is 1.93 bits per heavy atom. The number of aromatic nitrogens is 1. The van der Waals surface area contributed by atoms with Gasteiger partial charge in [0.1, 0.15) is 6.54 Å². The van der Waals surface area contributed by atoms with Crippen LogP contribution in [0, 0.1) is 19.7 Å². The maximum Gasteiger partial charge on any atom is 0.340 e. The zero-order valence-electron chi connectivity index (χ0n) is 17.9. The highest BCUT2D eigenvalue weighted by atomic mass is 19.1. The van der Waals surface area contributed by atoms with Crippen molar-refractivity contribution < 1.29 is 28.4 Å². The number of likely N-dealkylation sites (N-methyl/N-ethyl adjacent to an activating group) is 1. The molecule has 2 atom stereocenters. The number of aryl methyl sites for hydroxylation is 1. The van der Waals surface area contributed by atoms with Gasteiger partial charge in [-0.25, -0.2) is 9.18 Å². The average molecular weight is 405 g/mol. The van der Waals surface area contributed by atoms with Crippen LogP contribution in [0.3, 0.4) is 0 Å². The first-order valence-corrected chi connectivity index (χ1v) is 9.82. The first-order chi connectivity index (χ1) is 13.7. The van der Waals surface area contributed by atoms with Gasteiger partial charge in [0, 0.05) is 11.3 Å². The third kappa shape index (κ3) is 4.85. The van der Waals surface area contributed by atoms with E-state index in [4.69, 9.17) is 9.47 Å². The Kier molecular flexibility index (Phi) is 7.56. The summed E-state index contributed by atoms with van der Waals surface area (Å²) in [5.41, 5.74) is 2.84. The van der Waals surface area contributed by atoms with Gasteiger partial charge in [-0.15, -0.1) is 0 Å². The van der Waals surface area contributed by atoms with Crippen LogP contribution in [0.5, 0.6) is 5.75 Å². The topological polar surface area (TPSA) is 72.8 Å². The van der Waals surface area contributed by atoms with Crippen molar-refractivity contribution in [3.8, 4) is 5.75 Å². The monoisotopic (exact) mass is 405 g/mol. The van der Waals surface area contributed by atoms with Crippen LogP contribution in [0.25, 0.3) is 0 Å². The van der Waals surface area contributed by atoms with Crippen molar-refractivity contribution in [3.05, 3.63) is 52.1 Å². The SMILES string of the molecule is CCOC(=O)c1c(C)[nH]c(C(=O)[C@@H](C)[NH+](CC)Cc2ccc(OC)c(F)c2)c1C. The van der Waals surface area contributed by atoms with Crippen molar-refractivity contribution in [2.45, 2.75) is 47.2 Å². The lowest BCUT2D eigenvalue weighted by Gasteiger charge is -2.24. The third-order valence-corrected chi connectivity index (χ3v) is 5.27. The summed E-state index contributed by atoms with van der Waals surface area (Å²) in [7, 11) is 1.42. The van der Waals surface area contributed by atoms with Crippen molar-refractivity contribution >= 4 is 11.8 Å². The lowest BCUT2D eigenvalue weighted by molar-refractivity contribution is -0.925.